The Hall–Kier alpha value is -1.92. The molecule has 1 aromatic carbocycles. The molecule has 0 bridgehead atoms. The highest BCUT2D eigenvalue weighted by molar-refractivity contribution is 5.22. The molecular formula is C14H18FN3O2. The molecule has 2 rings (SSSR count). The van der Waals surface area contributed by atoms with Gasteiger partial charge < -0.3 is 15.2 Å². The summed E-state index contributed by atoms with van der Waals surface area (Å²) in [4.78, 5) is 0. The summed E-state index contributed by atoms with van der Waals surface area (Å²) in [6, 6.07) is 7.62. The molecule has 1 aromatic heterocycles. The van der Waals surface area contributed by atoms with Crippen LogP contribution in [0.1, 0.15) is 5.69 Å². The molecule has 2 N–H and O–H groups in total. The van der Waals surface area contributed by atoms with Crippen molar-refractivity contribution in [2.24, 2.45) is 7.05 Å². The van der Waals surface area contributed by atoms with Gasteiger partial charge in [-0.3, -0.25) is 4.68 Å². The lowest BCUT2D eigenvalue weighted by atomic mass is 10.3. The van der Waals surface area contributed by atoms with E-state index >= 15 is 0 Å². The van der Waals surface area contributed by atoms with Crippen LogP contribution in [0.2, 0.25) is 0 Å². The van der Waals surface area contributed by atoms with Gasteiger partial charge in [-0.1, -0.05) is 0 Å². The van der Waals surface area contributed by atoms with E-state index in [1.54, 1.807) is 10.9 Å². The monoisotopic (exact) mass is 279 g/mol. The molecule has 5 nitrogen and oxygen atoms in total. The normalized spacial score (nSPS) is 12.3. The third kappa shape index (κ3) is 4.32. The second-order valence-electron chi connectivity index (χ2n) is 4.50. The van der Waals surface area contributed by atoms with Crippen molar-refractivity contribution >= 4 is 0 Å². The van der Waals surface area contributed by atoms with Crippen LogP contribution in [-0.2, 0) is 13.6 Å². The molecule has 2 aromatic rings. The molecule has 1 unspecified atom stereocenters. The van der Waals surface area contributed by atoms with Crippen molar-refractivity contribution in [3.63, 3.8) is 0 Å². The number of benzene rings is 1. The fourth-order valence-electron chi connectivity index (χ4n) is 1.72. The van der Waals surface area contributed by atoms with Gasteiger partial charge >= 0.3 is 0 Å². The number of nitrogens with zero attached hydrogens (tertiary/aromatic N) is 2. The Labute approximate surface area is 117 Å². The Kier molecular flexibility index (Phi) is 5.09. The Bertz CT molecular complexity index is 527. The van der Waals surface area contributed by atoms with Gasteiger partial charge in [-0.05, 0) is 30.3 Å². The molecule has 6 heteroatoms. The van der Waals surface area contributed by atoms with Gasteiger partial charge in [-0.15, -0.1) is 0 Å². The molecule has 1 atom stereocenters. The number of rotatable bonds is 7. The molecule has 0 aliphatic heterocycles. The summed E-state index contributed by atoms with van der Waals surface area (Å²) in [5, 5.41) is 17.0. The molecule has 0 saturated heterocycles. The van der Waals surface area contributed by atoms with E-state index in [1.807, 2.05) is 13.1 Å². The molecule has 0 spiro atoms. The summed E-state index contributed by atoms with van der Waals surface area (Å²) in [7, 11) is 1.87. The SMILES string of the molecule is Cn1nccc1CNCC(O)COc1ccc(F)cc1. The van der Waals surface area contributed by atoms with E-state index in [9.17, 15) is 9.50 Å². The minimum Gasteiger partial charge on any atom is -0.491 e. The first-order valence-electron chi connectivity index (χ1n) is 6.39. The van der Waals surface area contributed by atoms with E-state index in [4.69, 9.17) is 4.74 Å². The number of halogens is 1. The Balaban J connectivity index is 1.66. The van der Waals surface area contributed by atoms with Crippen LogP contribution in [0.3, 0.4) is 0 Å². The zero-order valence-electron chi connectivity index (χ0n) is 11.3. The van der Waals surface area contributed by atoms with Gasteiger partial charge in [-0.2, -0.15) is 5.10 Å². The first kappa shape index (κ1) is 14.5. The predicted molar refractivity (Wildman–Crippen MR) is 72.8 cm³/mol. The zero-order chi connectivity index (χ0) is 14.4. The van der Waals surface area contributed by atoms with E-state index in [2.05, 4.69) is 10.4 Å². The summed E-state index contributed by atoms with van der Waals surface area (Å²) in [6.07, 6.45) is 1.10. The van der Waals surface area contributed by atoms with Crippen molar-refractivity contribution in [3.8, 4) is 5.75 Å². The van der Waals surface area contributed by atoms with Crippen LogP contribution in [0, 0.1) is 5.82 Å². The fraction of sp³-hybridized carbons (Fsp3) is 0.357. The van der Waals surface area contributed by atoms with Crippen LogP contribution < -0.4 is 10.1 Å². The van der Waals surface area contributed by atoms with Crippen molar-refractivity contribution < 1.29 is 14.2 Å². The van der Waals surface area contributed by atoms with E-state index in [-0.39, 0.29) is 12.4 Å². The number of nitrogens with one attached hydrogen (secondary N) is 1. The highest BCUT2D eigenvalue weighted by Crippen LogP contribution is 2.11. The molecule has 0 saturated carbocycles. The molecule has 0 aliphatic carbocycles. The van der Waals surface area contributed by atoms with Gasteiger partial charge in [0.15, 0.2) is 0 Å². The number of hydrogen-bond donors (Lipinski definition) is 2. The summed E-state index contributed by atoms with van der Waals surface area (Å²) >= 11 is 0. The smallest absolute Gasteiger partial charge is 0.123 e. The van der Waals surface area contributed by atoms with Crippen molar-refractivity contribution in [1.82, 2.24) is 15.1 Å². The van der Waals surface area contributed by atoms with Crippen molar-refractivity contribution in [2.45, 2.75) is 12.6 Å². The van der Waals surface area contributed by atoms with Gasteiger partial charge in [0.05, 0.1) is 5.69 Å². The van der Waals surface area contributed by atoms with Crippen molar-refractivity contribution in [1.29, 1.82) is 0 Å². The van der Waals surface area contributed by atoms with Crippen LogP contribution in [0.15, 0.2) is 36.5 Å². The second kappa shape index (κ2) is 7.02. The van der Waals surface area contributed by atoms with E-state index in [1.165, 1.54) is 24.3 Å². The summed E-state index contributed by atoms with van der Waals surface area (Å²) < 4.78 is 19.8. The summed E-state index contributed by atoms with van der Waals surface area (Å²) in [5.74, 6) is 0.229. The minimum atomic E-state index is -0.631. The quantitative estimate of drug-likeness (QED) is 0.796. The predicted octanol–water partition coefficient (Wildman–Crippen LogP) is 1.09. The number of aliphatic hydroxyl groups is 1. The van der Waals surface area contributed by atoms with Crippen molar-refractivity contribution in [2.75, 3.05) is 13.2 Å². The lowest BCUT2D eigenvalue weighted by molar-refractivity contribution is 0.106. The minimum absolute atomic E-state index is 0.157. The summed E-state index contributed by atoms with van der Waals surface area (Å²) in [5.41, 5.74) is 1.04. The van der Waals surface area contributed by atoms with Gasteiger partial charge in [0.1, 0.15) is 24.3 Å². The molecule has 0 fully saturated rings. The third-order valence-electron chi connectivity index (χ3n) is 2.86. The van der Waals surface area contributed by atoms with Crippen LogP contribution in [0.25, 0.3) is 0 Å². The zero-order valence-corrected chi connectivity index (χ0v) is 11.3. The number of aryl methyl sites for hydroxylation is 1. The number of ether oxygens (including phenoxy) is 1. The lowest BCUT2D eigenvalue weighted by Gasteiger charge is -2.13. The van der Waals surface area contributed by atoms with Gasteiger partial charge in [-0.25, -0.2) is 4.39 Å². The molecule has 0 aliphatic rings. The molecule has 0 amide bonds. The van der Waals surface area contributed by atoms with Gasteiger partial charge in [0, 0.05) is 26.3 Å². The van der Waals surface area contributed by atoms with E-state index in [0.717, 1.165) is 5.69 Å². The largest absolute Gasteiger partial charge is 0.491 e. The van der Waals surface area contributed by atoms with Crippen LogP contribution in [-0.4, -0.2) is 34.1 Å². The molecule has 20 heavy (non-hydrogen) atoms. The first-order chi connectivity index (χ1) is 9.65. The average Bonchev–Trinajstić information content (AvgIpc) is 2.84. The number of aliphatic hydroxyl groups excluding tert-OH is 1. The Morgan fingerprint density at radius 1 is 1.35 bits per heavy atom. The highest BCUT2D eigenvalue weighted by atomic mass is 19.1. The van der Waals surface area contributed by atoms with E-state index in [0.29, 0.717) is 18.8 Å². The van der Waals surface area contributed by atoms with Crippen molar-refractivity contribution in [3.05, 3.63) is 48.0 Å². The second-order valence-corrected chi connectivity index (χ2v) is 4.50. The van der Waals surface area contributed by atoms with Crippen LogP contribution >= 0.6 is 0 Å². The molecular weight excluding hydrogens is 261 g/mol. The van der Waals surface area contributed by atoms with Gasteiger partial charge in [0.25, 0.3) is 0 Å². The highest BCUT2D eigenvalue weighted by Gasteiger charge is 2.06. The fourth-order valence-corrected chi connectivity index (χ4v) is 1.72. The topological polar surface area (TPSA) is 59.3 Å². The third-order valence-corrected chi connectivity index (χ3v) is 2.86. The number of hydrogen-bond acceptors (Lipinski definition) is 4. The van der Waals surface area contributed by atoms with Crippen LogP contribution in [0.4, 0.5) is 4.39 Å². The summed E-state index contributed by atoms with van der Waals surface area (Å²) in [6.45, 7) is 1.19. The Morgan fingerprint density at radius 2 is 2.10 bits per heavy atom. The first-order valence-corrected chi connectivity index (χ1v) is 6.39. The molecule has 108 valence electrons. The maximum Gasteiger partial charge on any atom is 0.123 e. The van der Waals surface area contributed by atoms with Crippen LogP contribution in [0.5, 0.6) is 5.75 Å². The number of aromatic nitrogens is 2. The molecule has 1 heterocycles. The average molecular weight is 279 g/mol. The van der Waals surface area contributed by atoms with E-state index < -0.39 is 6.10 Å². The van der Waals surface area contributed by atoms with Gasteiger partial charge in [0.2, 0.25) is 0 Å². The maximum absolute atomic E-state index is 12.7. The lowest BCUT2D eigenvalue weighted by Crippen LogP contribution is -2.31. The Morgan fingerprint density at radius 3 is 2.75 bits per heavy atom. The maximum atomic E-state index is 12.7. The molecule has 0 radical (unpaired) electrons. The standard InChI is InChI=1S/C14H18FN3O2/c1-18-12(6-7-17-18)8-16-9-13(19)10-20-14-4-2-11(15)3-5-14/h2-7,13,16,19H,8-10H2,1H3.